The topological polar surface area (TPSA) is 106 Å². The predicted octanol–water partition coefficient (Wildman–Crippen LogP) is 40.5. The highest BCUT2D eigenvalue weighted by Crippen LogP contribution is 2.53. The molecule has 5 fully saturated rings. The molecule has 11 nitrogen and oxygen atoms in total. The Kier molecular flexibility index (Phi) is 29.5. The number of nitrogens with zero attached hydrogens (tertiary/aromatic N) is 6. The molecule has 5 aliphatic rings. The van der Waals surface area contributed by atoms with Gasteiger partial charge in [-0.2, -0.15) is 18.4 Å². The first kappa shape index (κ1) is 100. The van der Waals surface area contributed by atoms with Gasteiger partial charge in [0.25, 0.3) is 0 Å². The number of para-hydroxylation sites is 15. The summed E-state index contributed by atoms with van der Waals surface area (Å²) in [4.78, 5) is 10.1. The summed E-state index contributed by atoms with van der Waals surface area (Å²) in [6.07, 6.45) is 27.7. The zero-order valence-electron chi connectivity index (χ0n) is 87.7. The minimum absolute atomic E-state index is 0.0702. The van der Waals surface area contributed by atoms with Crippen LogP contribution >= 0.6 is 0 Å². The summed E-state index contributed by atoms with van der Waals surface area (Å²) in [6, 6.07) is 104. The molecule has 20 aromatic rings. The average molecular weight is 1990 g/mol. The molecule has 0 saturated heterocycles. The van der Waals surface area contributed by atoms with Gasteiger partial charge in [-0.05, 0) is 223 Å². The smallest absolute Gasteiger partial charge is 0.418 e. The van der Waals surface area contributed by atoms with E-state index in [9.17, 15) is 22.8 Å². The predicted molar refractivity (Wildman–Crippen MR) is 613 cm³/mol. The van der Waals surface area contributed by atoms with Crippen LogP contribution in [-0.2, 0) is 11.6 Å². The van der Waals surface area contributed by atoms with E-state index in [1.165, 1.54) is 243 Å². The summed E-state index contributed by atoms with van der Waals surface area (Å²) < 4.78 is 88.0. The first-order valence-corrected chi connectivity index (χ1v) is 54.5. The fraction of sp³-hybridized carbons (Fsp3) is 0.321. The quantitative estimate of drug-likeness (QED) is 0.0864. The van der Waals surface area contributed by atoms with E-state index in [1.807, 2.05) is 85.7 Å². The summed E-state index contributed by atoms with van der Waals surface area (Å²) in [5.74, 6) is 3.13. The molecule has 5 aromatic heterocycles. The van der Waals surface area contributed by atoms with Gasteiger partial charge in [0.15, 0.2) is 27.9 Å². The number of alkyl halides is 3. The molecule has 5 saturated carbocycles. The third-order valence-electron chi connectivity index (χ3n) is 32.9. The normalized spacial score (nSPS) is 15.4. The number of hydrogen-bond acceptors (Lipinski definition) is 11. The van der Waals surface area contributed by atoms with Crippen molar-refractivity contribution in [2.45, 2.75) is 242 Å². The van der Waals surface area contributed by atoms with Crippen LogP contribution in [0.1, 0.15) is 281 Å². The Bertz CT molecular complexity index is 8040. The summed E-state index contributed by atoms with van der Waals surface area (Å²) >= 11 is 0. The highest BCUT2D eigenvalue weighted by Gasteiger charge is 2.37. The summed E-state index contributed by atoms with van der Waals surface area (Å²) in [7, 11) is 9.87. The summed E-state index contributed by atoms with van der Waals surface area (Å²) in [6.45, 7) is 11.3. The van der Waals surface area contributed by atoms with Gasteiger partial charge in [0.2, 0.25) is 0 Å². The summed E-state index contributed by atoms with van der Waals surface area (Å²) in [5.41, 5.74) is 27.6. The van der Waals surface area contributed by atoms with Crippen LogP contribution in [0.15, 0.2) is 325 Å². The second kappa shape index (κ2) is 43.7. The van der Waals surface area contributed by atoms with Crippen molar-refractivity contribution in [1.82, 2.24) is 0 Å². The Balaban J connectivity index is 0.000000109. The van der Waals surface area contributed by atoms with Crippen molar-refractivity contribution in [3.63, 3.8) is 0 Å². The van der Waals surface area contributed by atoms with Crippen LogP contribution in [-0.4, -0.2) is 35.2 Å². The van der Waals surface area contributed by atoms with Crippen LogP contribution < -0.4 is 24.5 Å². The fourth-order valence-electron chi connectivity index (χ4n) is 25.1. The number of hydrogen-bond donors (Lipinski definition) is 0. The maximum atomic E-state index is 14.4. The Morgan fingerprint density at radius 2 is 0.470 bits per heavy atom. The van der Waals surface area contributed by atoms with Crippen molar-refractivity contribution >= 4 is 167 Å². The lowest BCUT2D eigenvalue weighted by atomic mass is 9.83. The van der Waals surface area contributed by atoms with Crippen molar-refractivity contribution in [1.29, 1.82) is 5.26 Å². The van der Waals surface area contributed by atoms with Crippen molar-refractivity contribution in [3.05, 3.63) is 359 Å². The SMILES string of the molecule is CC(C)c1ccccc1N(C)c1cccc2c1oc1c(C3CCCCC3)cccc12.CN(c1ccccc1C#N)c1cccc2c1oc1c(C3CCCCC3)cccc12.CN(c1ccccc1C(C)(C)C)c1cccc2c1oc1c(C3CCCCC3)cccc12.CN(c1ccccc1C(F)(F)F)c1cccc2c1oc1c(C3CCCCC3)cccc12.CN(c1ccccc1F)c1cccc2c1oc1c(C3CCCCC3)cccc12. The monoisotopic (exact) mass is 1990 g/mol. The Morgan fingerprint density at radius 1 is 0.248 bits per heavy atom. The van der Waals surface area contributed by atoms with Crippen molar-refractivity contribution in [3.8, 4) is 6.07 Å². The lowest BCUT2D eigenvalue weighted by molar-refractivity contribution is -0.137. The first-order chi connectivity index (χ1) is 72.6. The number of anilines is 10. The largest absolute Gasteiger partial charge is 0.454 e. The van der Waals surface area contributed by atoms with Gasteiger partial charge in [-0.15, -0.1) is 0 Å². The zero-order chi connectivity index (χ0) is 103. The van der Waals surface area contributed by atoms with Crippen LogP contribution in [0.25, 0.3) is 110 Å². The van der Waals surface area contributed by atoms with Gasteiger partial charge in [0.1, 0.15) is 39.8 Å². The molecule has 25 rings (SSSR count). The van der Waals surface area contributed by atoms with Gasteiger partial charge in [-0.1, -0.05) is 355 Å². The molecule has 15 heteroatoms. The molecule has 15 aromatic carbocycles. The minimum Gasteiger partial charge on any atom is -0.454 e. The highest BCUT2D eigenvalue weighted by atomic mass is 19.4. The number of halogens is 4. The molecular weight excluding hydrogens is 1850 g/mol. The maximum absolute atomic E-state index is 14.4. The average Bonchev–Trinajstić information content (AvgIpc) is 1.62. The van der Waals surface area contributed by atoms with E-state index in [-0.39, 0.29) is 16.9 Å². The molecule has 0 atom stereocenters. The number of rotatable bonds is 16. The van der Waals surface area contributed by atoms with Gasteiger partial charge in [0, 0.05) is 100 Å². The molecule has 0 aliphatic heterocycles. The highest BCUT2D eigenvalue weighted by molar-refractivity contribution is 6.15. The third kappa shape index (κ3) is 20.2. The maximum Gasteiger partial charge on any atom is 0.418 e. The van der Waals surface area contributed by atoms with E-state index in [1.54, 1.807) is 30.1 Å². The Hall–Kier alpha value is -14.5. The Labute approximate surface area is 873 Å². The molecular formula is C134H136F4N6O5. The molecule has 0 amide bonds. The molecule has 0 N–H and O–H groups in total. The summed E-state index contributed by atoms with van der Waals surface area (Å²) in [5, 5.41) is 21.0. The number of nitriles is 1. The van der Waals surface area contributed by atoms with E-state index in [2.05, 4.69) is 264 Å². The van der Waals surface area contributed by atoms with Gasteiger partial charge < -0.3 is 46.6 Å². The van der Waals surface area contributed by atoms with Gasteiger partial charge >= 0.3 is 6.18 Å². The molecule has 0 radical (unpaired) electrons. The van der Waals surface area contributed by atoms with E-state index in [4.69, 9.17) is 22.1 Å². The van der Waals surface area contributed by atoms with E-state index in [0.29, 0.717) is 58.0 Å². The molecule has 760 valence electrons. The molecule has 5 heterocycles. The van der Waals surface area contributed by atoms with Gasteiger partial charge in [0.05, 0.1) is 56.6 Å². The van der Waals surface area contributed by atoms with Crippen molar-refractivity contribution < 1.29 is 39.6 Å². The Morgan fingerprint density at radius 3 is 0.758 bits per heavy atom. The zero-order valence-corrected chi connectivity index (χ0v) is 87.7. The number of furan rings is 5. The van der Waals surface area contributed by atoms with Crippen molar-refractivity contribution in [2.24, 2.45) is 0 Å². The third-order valence-corrected chi connectivity index (χ3v) is 32.9. The van der Waals surface area contributed by atoms with Crippen LogP contribution in [0.4, 0.5) is 74.4 Å². The van der Waals surface area contributed by atoms with Crippen LogP contribution in [0.2, 0.25) is 0 Å². The van der Waals surface area contributed by atoms with E-state index in [0.717, 1.165) is 125 Å². The van der Waals surface area contributed by atoms with Crippen LogP contribution in [0.3, 0.4) is 0 Å². The van der Waals surface area contributed by atoms with E-state index < -0.39 is 11.7 Å². The molecule has 149 heavy (non-hydrogen) atoms. The molecule has 0 spiro atoms. The molecule has 0 unspecified atom stereocenters. The lowest BCUT2D eigenvalue weighted by Gasteiger charge is -2.29. The molecule has 5 aliphatic carbocycles. The van der Waals surface area contributed by atoms with Crippen LogP contribution in [0, 0.1) is 17.1 Å². The second-order valence-electron chi connectivity index (χ2n) is 43.4. The van der Waals surface area contributed by atoms with Crippen LogP contribution in [0.5, 0.6) is 0 Å². The lowest BCUT2D eigenvalue weighted by Crippen LogP contribution is -2.19. The standard InChI is InChI=1S/C29H33NO.C28H31NO.C26H24F3NO.C26H24N2O.C25H24FNO/c1-29(2,3)24-17-8-9-18-25(24)30(4)26-19-11-16-23-22-15-10-14-21(27(22)31-28(23)26)20-12-6-5-7-13-20;1-19(2)21-13-7-8-17-25(21)29(3)26-18-10-16-24-23-15-9-14-22(27(23)30-28(24)26)20-11-5-4-6-12-20;1-30(22-15-6-5-14-21(22)26(27,28)29)23-16-8-13-20-19-12-7-11-18(24(19)31-25(20)23)17-9-3-2-4-10-17;1-28(23-15-6-5-11-19(23)17-27)24-16-8-14-22-21-13-7-12-20(25(21)29-26(22)24)18-9-3-2-4-10-18;1-27(22-15-6-5-14-21(22)26)23-16-8-13-20-19-12-7-11-18(24(19)28-25(20)23)17-9-3-2-4-10-17/h8-11,14-20H,5-7,12-13H2,1-4H3;7-10,13-20H,4-6,11-12H2,1-3H3;5-8,11-17H,2-4,9-10H2,1H3;5-8,11-16,18H,2-4,9-10H2,1H3;5-8,11-17H,2-4,9-10H2,1H3. The number of benzene rings is 15. The minimum atomic E-state index is -4.43. The van der Waals surface area contributed by atoms with Gasteiger partial charge in [-0.25, -0.2) is 4.39 Å². The number of fused-ring (bicyclic) bond motifs is 15. The van der Waals surface area contributed by atoms with Gasteiger partial charge in [-0.3, -0.25) is 0 Å². The second-order valence-corrected chi connectivity index (χ2v) is 43.4. The molecule has 0 bridgehead atoms. The van der Waals surface area contributed by atoms with E-state index >= 15 is 0 Å². The van der Waals surface area contributed by atoms with Crippen molar-refractivity contribution in [2.75, 3.05) is 59.7 Å². The fourth-order valence-corrected chi connectivity index (χ4v) is 25.1. The first-order valence-electron chi connectivity index (χ1n) is 54.5.